The number of piperidine rings is 1. The van der Waals surface area contributed by atoms with Crippen molar-refractivity contribution in [1.82, 2.24) is 14.9 Å². The highest BCUT2D eigenvalue weighted by Gasteiger charge is 2.35. The number of carbonyl (C=O) groups excluding carboxylic acids is 1. The SMILES string of the molecule is C=CC(=O)N1C[C@@H](Nc2ccnc3[nH]ccc23)[C@H](F)C[C@H]1C. The van der Waals surface area contributed by atoms with Crippen molar-refractivity contribution in [2.75, 3.05) is 11.9 Å². The largest absolute Gasteiger partial charge is 0.377 e. The average Bonchev–Trinajstić information content (AvgIpc) is 2.98. The van der Waals surface area contributed by atoms with E-state index in [0.29, 0.717) is 13.0 Å². The number of nitrogens with zero attached hydrogens (tertiary/aromatic N) is 2. The molecule has 0 unspecified atom stereocenters. The third-order valence-corrected chi connectivity index (χ3v) is 4.19. The summed E-state index contributed by atoms with van der Waals surface area (Å²) in [5.41, 5.74) is 1.57. The van der Waals surface area contributed by atoms with Crippen LogP contribution in [0.4, 0.5) is 10.1 Å². The average molecular weight is 302 g/mol. The third kappa shape index (κ3) is 2.56. The van der Waals surface area contributed by atoms with Crippen molar-refractivity contribution in [3.05, 3.63) is 37.2 Å². The van der Waals surface area contributed by atoms with Gasteiger partial charge in [0.25, 0.3) is 0 Å². The Kier molecular flexibility index (Phi) is 3.83. The lowest BCUT2D eigenvalue weighted by atomic mass is 9.96. The van der Waals surface area contributed by atoms with Gasteiger partial charge >= 0.3 is 0 Å². The zero-order valence-corrected chi connectivity index (χ0v) is 12.4. The highest BCUT2D eigenvalue weighted by Crippen LogP contribution is 2.26. The van der Waals surface area contributed by atoms with Crippen LogP contribution in [0.1, 0.15) is 13.3 Å². The number of nitrogens with one attached hydrogen (secondary N) is 2. The highest BCUT2D eigenvalue weighted by molar-refractivity contribution is 5.89. The molecule has 0 spiro atoms. The van der Waals surface area contributed by atoms with Crippen LogP contribution in [0.25, 0.3) is 11.0 Å². The Morgan fingerprint density at radius 2 is 2.41 bits per heavy atom. The van der Waals surface area contributed by atoms with Crippen molar-refractivity contribution in [2.24, 2.45) is 0 Å². The van der Waals surface area contributed by atoms with E-state index < -0.39 is 12.2 Å². The summed E-state index contributed by atoms with van der Waals surface area (Å²) in [6.45, 7) is 5.70. The number of H-pyrrole nitrogens is 1. The number of hydrogen-bond donors (Lipinski definition) is 2. The van der Waals surface area contributed by atoms with E-state index in [-0.39, 0.29) is 11.9 Å². The van der Waals surface area contributed by atoms with Gasteiger partial charge in [0, 0.05) is 42.5 Å². The zero-order chi connectivity index (χ0) is 15.7. The van der Waals surface area contributed by atoms with Crippen LogP contribution in [0.3, 0.4) is 0 Å². The number of likely N-dealkylation sites (tertiary alicyclic amines) is 1. The van der Waals surface area contributed by atoms with Crippen molar-refractivity contribution in [3.8, 4) is 0 Å². The number of anilines is 1. The summed E-state index contributed by atoms with van der Waals surface area (Å²) in [6.07, 6.45) is 4.06. The molecule has 1 fully saturated rings. The minimum absolute atomic E-state index is 0.122. The summed E-state index contributed by atoms with van der Waals surface area (Å²) >= 11 is 0. The van der Waals surface area contributed by atoms with Crippen LogP contribution in [0.15, 0.2) is 37.2 Å². The molecule has 6 heteroatoms. The number of alkyl halides is 1. The minimum atomic E-state index is -1.01. The summed E-state index contributed by atoms with van der Waals surface area (Å²) in [5, 5.41) is 4.14. The number of rotatable bonds is 3. The maximum atomic E-state index is 14.4. The molecule has 5 nitrogen and oxygen atoms in total. The van der Waals surface area contributed by atoms with Crippen molar-refractivity contribution < 1.29 is 9.18 Å². The molecule has 3 atom stereocenters. The van der Waals surface area contributed by atoms with Crippen molar-refractivity contribution >= 4 is 22.6 Å². The molecule has 2 aromatic heterocycles. The van der Waals surface area contributed by atoms with Crippen molar-refractivity contribution in [1.29, 1.82) is 0 Å². The van der Waals surface area contributed by atoms with Crippen LogP contribution < -0.4 is 5.32 Å². The topological polar surface area (TPSA) is 61.0 Å². The molecule has 1 saturated heterocycles. The van der Waals surface area contributed by atoms with Gasteiger partial charge in [0.2, 0.25) is 5.91 Å². The van der Waals surface area contributed by atoms with E-state index in [2.05, 4.69) is 21.9 Å². The van der Waals surface area contributed by atoms with Crippen LogP contribution >= 0.6 is 0 Å². The maximum Gasteiger partial charge on any atom is 0.246 e. The van der Waals surface area contributed by atoms with E-state index in [1.807, 2.05) is 19.1 Å². The van der Waals surface area contributed by atoms with E-state index in [4.69, 9.17) is 0 Å². The lowest BCUT2D eigenvalue weighted by Crippen LogP contribution is -2.54. The summed E-state index contributed by atoms with van der Waals surface area (Å²) in [6, 6.07) is 3.15. The molecule has 1 aliphatic heterocycles. The Bertz CT molecular complexity index is 698. The first kappa shape index (κ1) is 14.6. The van der Waals surface area contributed by atoms with E-state index in [9.17, 15) is 9.18 Å². The monoisotopic (exact) mass is 302 g/mol. The molecule has 1 aliphatic rings. The lowest BCUT2D eigenvalue weighted by Gasteiger charge is -2.40. The number of carbonyl (C=O) groups is 1. The smallest absolute Gasteiger partial charge is 0.246 e. The van der Waals surface area contributed by atoms with Crippen LogP contribution in [0.5, 0.6) is 0 Å². The summed E-state index contributed by atoms with van der Waals surface area (Å²) in [7, 11) is 0. The van der Waals surface area contributed by atoms with Gasteiger partial charge in [-0.1, -0.05) is 6.58 Å². The van der Waals surface area contributed by atoms with E-state index in [1.165, 1.54) is 6.08 Å². The number of amides is 1. The van der Waals surface area contributed by atoms with Gasteiger partial charge in [0.15, 0.2) is 0 Å². The van der Waals surface area contributed by atoms with Gasteiger partial charge in [-0.05, 0) is 25.1 Å². The van der Waals surface area contributed by atoms with Crippen LogP contribution in [-0.2, 0) is 4.79 Å². The maximum absolute atomic E-state index is 14.4. The molecule has 0 aliphatic carbocycles. The molecule has 116 valence electrons. The van der Waals surface area contributed by atoms with Gasteiger partial charge < -0.3 is 15.2 Å². The fraction of sp³-hybridized carbons (Fsp3) is 0.375. The first-order valence-corrected chi connectivity index (χ1v) is 7.36. The normalized spacial score (nSPS) is 25.2. The molecule has 0 aromatic carbocycles. The lowest BCUT2D eigenvalue weighted by molar-refractivity contribution is -0.130. The predicted octanol–water partition coefficient (Wildman–Crippen LogP) is 2.49. The van der Waals surface area contributed by atoms with Crippen LogP contribution in [0.2, 0.25) is 0 Å². The van der Waals surface area contributed by atoms with Crippen LogP contribution in [-0.4, -0.2) is 45.6 Å². The first-order chi connectivity index (χ1) is 10.6. The molecule has 3 rings (SSSR count). The fourth-order valence-electron chi connectivity index (χ4n) is 2.97. The van der Waals surface area contributed by atoms with Gasteiger partial charge in [0.05, 0.1) is 6.04 Å². The molecule has 3 heterocycles. The van der Waals surface area contributed by atoms with Crippen molar-refractivity contribution in [3.63, 3.8) is 0 Å². The van der Waals surface area contributed by atoms with E-state index in [1.54, 1.807) is 17.3 Å². The van der Waals surface area contributed by atoms with E-state index >= 15 is 0 Å². The van der Waals surface area contributed by atoms with Gasteiger partial charge in [-0.2, -0.15) is 0 Å². The second-order valence-corrected chi connectivity index (χ2v) is 5.64. The molecule has 22 heavy (non-hydrogen) atoms. The van der Waals surface area contributed by atoms with Gasteiger partial charge in [-0.25, -0.2) is 9.37 Å². The van der Waals surface area contributed by atoms with Crippen LogP contribution in [0, 0.1) is 0 Å². The highest BCUT2D eigenvalue weighted by atomic mass is 19.1. The molecular weight excluding hydrogens is 283 g/mol. The van der Waals surface area contributed by atoms with Crippen molar-refractivity contribution in [2.45, 2.75) is 31.6 Å². The summed E-state index contributed by atoms with van der Waals surface area (Å²) in [5.74, 6) is -0.160. The molecular formula is C16H19FN4O. The third-order valence-electron chi connectivity index (χ3n) is 4.19. The Hall–Kier alpha value is -2.37. The standard InChI is InChI=1S/C16H19FN4O/c1-3-15(22)21-9-14(12(17)8-10(21)2)20-13-5-7-19-16-11(13)4-6-18-16/h3-7,10,12,14H,1,8-9H2,2H3,(H2,18,19,20)/t10-,12-,14-/m1/s1. The number of aromatic amines is 1. The molecule has 2 N–H and O–H groups in total. The first-order valence-electron chi connectivity index (χ1n) is 7.36. The Morgan fingerprint density at radius 1 is 1.59 bits per heavy atom. The molecule has 1 amide bonds. The zero-order valence-electron chi connectivity index (χ0n) is 12.4. The summed E-state index contributed by atoms with van der Waals surface area (Å²) in [4.78, 5) is 20.8. The predicted molar refractivity (Wildman–Crippen MR) is 84.4 cm³/mol. The number of hydrogen-bond acceptors (Lipinski definition) is 3. The molecule has 0 bridgehead atoms. The number of halogens is 1. The molecule has 0 saturated carbocycles. The number of aromatic nitrogens is 2. The Balaban J connectivity index is 1.83. The molecule has 2 aromatic rings. The molecule has 0 radical (unpaired) electrons. The second kappa shape index (κ2) is 5.79. The Labute approximate surface area is 128 Å². The number of pyridine rings is 1. The minimum Gasteiger partial charge on any atom is -0.377 e. The Morgan fingerprint density at radius 3 is 3.18 bits per heavy atom. The van der Waals surface area contributed by atoms with Gasteiger partial charge in [0.1, 0.15) is 11.8 Å². The van der Waals surface area contributed by atoms with E-state index in [0.717, 1.165) is 16.7 Å². The fourth-order valence-corrected chi connectivity index (χ4v) is 2.97. The van der Waals surface area contributed by atoms with Gasteiger partial charge in [-0.3, -0.25) is 4.79 Å². The second-order valence-electron chi connectivity index (χ2n) is 5.64. The number of fused-ring (bicyclic) bond motifs is 1. The van der Waals surface area contributed by atoms with Gasteiger partial charge in [-0.15, -0.1) is 0 Å². The quantitative estimate of drug-likeness (QED) is 0.856. The summed E-state index contributed by atoms with van der Waals surface area (Å²) < 4.78 is 14.4.